The fourth-order valence-electron chi connectivity index (χ4n) is 3.95. The molecule has 2 aromatic carbocycles. The third-order valence-corrected chi connectivity index (χ3v) is 5.34. The van der Waals surface area contributed by atoms with Crippen molar-refractivity contribution in [2.45, 2.75) is 32.7 Å². The van der Waals surface area contributed by atoms with E-state index in [2.05, 4.69) is 16.7 Å². The molecule has 6 heteroatoms. The van der Waals surface area contributed by atoms with Gasteiger partial charge in [0.1, 0.15) is 0 Å². The number of hydrogen-bond donors (Lipinski definition) is 2. The van der Waals surface area contributed by atoms with Crippen molar-refractivity contribution in [3.8, 4) is 0 Å². The van der Waals surface area contributed by atoms with Gasteiger partial charge in [0.25, 0.3) is 0 Å². The van der Waals surface area contributed by atoms with E-state index in [1.54, 1.807) is 24.3 Å². The number of benzene rings is 2. The number of carbonyl (C=O) groups excluding carboxylic acids is 3. The van der Waals surface area contributed by atoms with Gasteiger partial charge in [-0.2, -0.15) is 0 Å². The van der Waals surface area contributed by atoms with Gasteiger partial charge in [0.05, 0.1) is 11.8 Å². The van der Waals surface area contributed by atoms with E-state index < -0.39 is 0 Å². The normalized spacial score (nSPS) is 22.4. The van der Waals surface area contributed by atoms with E-state index >= 15 is 0 Å². The molecule has 144 valence electrons. The van der Waals surface area contributed by atoms with Gasteiger partial charge in [-0.15, -0.1) is 0 Å². The highest BCUT2D eigenvalue weighted by atomic mass is 16.2. The molecule has 1 heterocycles. The fourth-order valence-corrected chi connectivity index (χ4v) is 3.95. The van der Waals surface area contributed by atoms with Gasteiger partial charge in [-0.1, -0.05) is 24.3 Å². The zero-order chi connectivity index (χ0) is 19.8. The van der Waals surface area contributed by atoms with Crippen LogP contribution in [0.3, 0.4) is 0 Å². The van der Waals surface area contributed by atoms with Gasteiger partial charge in [-0.3, -0.25) is 14.4 Å². The van der Waals surface area contributed by atoms with E-state index in [0.29, 0.717) is 17.8 Å². The van der Waals surface area contributed by atoms with Crippen LogP contribution in [0.25, 0.3) is 0 Å². The van der Waals surface area contributed by atoms with Gasteiger partial charge >= 0.3 is 0 Å². The summed E-state index contributed by atoms with van der Waals surface area (Å²) >= 11 is 0. The largest absolute Gasteiger partial charge is 0.326 e. The number of para-hydroxylation sites is 1. The van der Waals surface area contributed by atoms with E-state index in [1.165, 1.54) is 12.5 Å². The van der Waals surface area contributed by atoms with Crippen LogP contribution in [0.4, 0.5) is 17.1 Å². The summed E-state index contributed by atoms with van der Waals surface area (Å²) in [6.07, 6.45) is 1.42. The molecule has 2 aliphatic rings. The minimum atomic E-state index is -0.308. The number of nitrogens with one attached hydrogen (secondary N) is 2. The lowest BCUT2D eigenvalue weighted by molar-refractivity contribution is -0.123. The van der Waals surface area contributed by atoms with E-state index in [1.807, 2.05) is 30.0 Å². The van der Waals surface area contributed by atoms with Gasteiger partial charge in [0.15, 0.2) is 0 Å². The van der Waals surface area contributed by atoms with E-state index in [0.717, 1.165) is 12.1 Å². The summed E-state index contributed by atoms with van der Waals surface area (Å²) in [7, 11) is 0. The van der Waals surface area contributed by atoms with Crippen molar-refractivity contribution >= 4 is 34.8 Å². The second kappa shape index (κ2) is 7.11. The number of anilines is 3. The van der Waals surface area contributed by atoms with Crippen LogP contribution >= 0.6 is 0 Å². The summed E-state index contributed by atoms with van der Waals surface area (Å²) in [6.45, 7) is 3.48. The Kier molecular flexibility index (Phi) is 4.63. The number of carbonyl (C=O) groups is 3. The summed E-state index contributed by atoms with van der Waals surface area (Å²) < 4.78 is 0. The average Bonchev–Trinajstić information content (AvgIpc) is 3.37. The molecule has 3 atom stereocenters. The molecule has 6 nitrogen and oxygen atoms in total. The van der Waals surface area contributed by atoms with Crippen molar-refractivity contribution in [3.05, 3.63) is 54.1 Å². The molecule has 0 aromatic heterocycles. The number of amides is 3. The SMILES string of the molecule is CC(=O)Nc1cccc(NC(=O)C2CC2C(=O)N2c3ccccc3CC2C)c1. The smallest absolute Gasteiger partial charge is 0.231 e. The van der Waals surface area contributed by atoms with Crippen LogP contribution < -0.4 is 15.5 Å². The molecular weight excluding hydrogens is 354 g/mol. The van der Waals surface area contributed by atoms with Crippen LogP contribution in [-0.4, -0.2) is 23.8 Å². The Labute approximate surface area is 163 Å². The first-order valence-electron chi connectivity index (χ1n) is 9.53. The Morgan fingerprint density at radius 1 is 0.964 bits per heavy atom. The van der Waals surface area contributed by atoms with Crippen molar-refractivity contribution in [2.75, 3.05) is 15.5 Å². The van der Waals surface area contributed by atoms with Gasteiger partial charge < -0.3 is 15.5 Å². The highest BCUT2D eigenvalue weighted by Crippen LogP contribution is 2.44. The number of nitrogens with zero attached hydrogens (tertiary/aromatic N) is 1. The zero-order valence-electron chi connectivity index (χ0n) is 15.9. The Bertz CT molecular complexity index is 956. The topological polar surface area (TPSA) is 78.5 Å². The summed E-state index contributed by atoms with van der Waals surface area (Å²) in [5.41, 5.74) is 3.37. The molecule has 2 N–H and O–H groups in total. The second-order valence-electron chi connectivity index (χ2n) is 7.59. The highest BCUT2D eigenvalue weighted by Gasteiger charge is 2.51. The van der Waals surface area contributed by atoms with E-state index in [4.69, 9.17) is 0 Å². The number of fused-ring (bicyclic) bond motifs is 1. The van der Waals surface area contributed by atoms with E-state index in [-0.39, 0.29) is 35.6 Å². The summed E-state index contributed by atoms with van der Waals surface area (Å²) in [5, 5.41) is 5.55. The molecule has 3 amide bonds. The quantitative estimate of drug-likeness (QED) is 0.859. The van der Waals surface area contributed by atoms with Crippen molar-refractivity contribution in [1.29, 1.82) is 0 Å². The maximum Gasteiger partial charge on any atom is 0.231 e. The monoisotopic (exact) mass is 377 g/mol. The number of rotatable bonds is 4. The van der Waals surface area contributed by atoms with Crippen LogP contribution in [0, 0.1) is 11.8 Å². The molecule has 2 aromatic rings. The maximum absolute atomic E-state index is 13.0. The van der Waals surface area contributed by atoms with Gasteiger partial charge in [-0.05, 0) is 49.6 Å². The Balaban J connectivity index is 1.41. The van der Waals surface area contributed by atoms with Crippen LogP contribution in [0.2, 0.25) is 0 Å². The van der Waals surface area contributed by atoms with Crippen molar-refractivity contribution in [3.63, 3.8) is 0 Å². The first kappa shape index (κ1) is 18.2. The molecule has 0 bridgehead atoms. The lowest BCUT2D eigenvalue weighted by Crippen LogP contribution is -2.37. The fraction of sp³-hybridized carbons (Fsp3) is 0.318. The van der Waals surface area contributed by atoms with Crippen LogP contribution in [0.1, 0.15) is 25.8 Å². The molecule has 1 aliphatic carbocycles. The zero-order valence-corrected chi connectivity index (χ0v) is 15.9. The van der Waals surface area contributed by atoms with Crippen molar-refractivity contribution < 1.29 is 14.4 Å². The molecule has 0 saturated heterocycles. The molecule has 0 radical (unpaired) electrons. The van der Waals surface area contributed by atoms with Gasteiger partial charge in [0.2, 0.25) is 17.7 Å². The van der Waals surface area contributed by atoms with Gasteiger partial charge in [-0.25, -0.2) is 0 Å². The molecule has 28 heavy (non-hydrogen) atoms. The molecule has 1 fully saturated rings. The molecule has 4 rings (SSSR count). The molecule has 1 saturated carbocycles. The van der Waals surface area contributed by atoms with Crippen LogP contribution in [0.5, 0.6) is 0 Å². The Morgan fingerprint density at radius 3 is 2.43 bits per heavy atom. The Morgan fingerprint density at radius 2 is 1.68 bits per heavy atom. The van der Waals surface area contributed by atoms with Crippen LogP contribution in [0.15, 0.2) is 48.5 Å². The second-order valence-corrected chi connectivity index (χ2v) is 7.59. The lowest BCUT2D eigenvalue weighted by atomic mass is 10.1. The molecule has 3 unspecified atom stereocenters. The van der Waals surface area contributed by atoms with Crippen molar-refractivity contribution in [1.82, 2.24) is 0 Å². The third-order valence-electron chi connectivity index (χ3n) is 5.34. The summed E-state index contributed by atoms with van der Waals surface area (Å²) in [5.74, 6) is -0.872. The Hall–Kier alpha value is -3.15. The maximum atomic E-state index is 13.0. The van der Waals surface area contributed by atoms with Crippen molar-refractivity contribution in [2.24, 2.45) is 11.8 Å². The predicted octanol–water partition coefficient (Wildman–Crippen LogP) is 3.20. The first-order chi connectivity index (χ1) is 13.4. The first-order valence-corrected chi connectivity index (χ1v) is 9.53. The average molecular weight is 377 g/mol. The minimum Gasteiger partial charge on any atom is -0.326 e. The van der Waals surface area contributed by atoms with Gasteiger partial charge in [0, 0.05) is 30.0 Å². The predicted molar refractivity (Wildman–Crippen MR) is 108 cm³/mol. The lowest BCUT2D eigenvalue weighted by Gasteiger charge is -2.23. The third kappa shape index (κ3) is 3.50. The van der Waals surface area contributed by atoms with Crippen LogP contribution in [-0.2, 0) is 20.8 Å². The van der Waals surface area contributed by atoms with E-state index in [9.17, 15) is 14.4 Å². The minimum absolute atomic E-state index is 0.0320. The summed E-state index contributed by atoms with van der Waals surface area (Å²) in [6, 6.07) is 15.1. The molecule has 1 aliphatic heterocycles. The standard InChI is InChI=1S/C22H23N3O3/c1-13-10-15-6-3-4-9-20(15)25(13)22(28)19-12-18(19)21(27)24-17-8-5-7-16(11-17)23-14(2)26/h3-9,11,13,18-19H,10,12H2,1-2H3,(H,23,26)(H,24,27). The number of hydrogen-bond acceptors (Lipinski definition) is 3. The summed E-state index contributed by atoms with van der Waals surface area (Å²) in [4.78, 5) is 38.7. The molecular formula is C22H23N3O3. The molecule has 0 spiro atoms. The highest BCUT2D eigenvalue weighted by molar-refractivity contribution is 6.05.